The Morgan fingerprint density at radius 1 is 1.00 bits per heavy atom. The zero-order chi connectivity index (χ0) is 22.8. The van der Waals surface area contributed by atoms with Crippen molar-refractivity contribution in [2.75, 3.05) is 45.8 Å². The molecule has 0 spiro atoms. The number of benzene rings is 2. The highest BCUT2D eigenvalue weighted by molar-refractivity contribution is 6.31. The molecule has 1 atom stereocenters. The Bertz CT molecular complexity index is 1100. The zero-order valence-electron chi connectivity index (χ0n) is 19.3. The molecular weight excluding hydrogens is 434 g/mol. The summed E-state index contributed by atoms with van der Waals surface area (Å²) < 4.78 is 2.33. The Morgan fingerprint density at radius 3 is 2.45 bits per heavy atom. The third-order valence-electron chi connectivity index (χ3n) is 7.07. The molecule has 2 aliphatic rings. The minimum Gasteiger partial charge on any atom is -0.342 e. The van der Waals surface area contributed by atoms with E-state index in [-0.39, 0.29) is 11.9 Å². The maximum Gasteiger partial charge on any atom is 0.236 e. The molecule has 3 heterocycles. The summed E-state index contributed by atoms with van der Waals surface area (Å²) in [5.74, 6) is 1.35. The molecule has 1 aromatic heterocycles. The summed E-state index contributed by atoms with van der Waals surface area (Å²) in [6.45, 7) is 9.12. The first-order valence-electron chi connectivity index (χ1n) is 12.0. The molecular formula is C26H32ClN5O. The molecule has 0 bridgehead atoms. The van der Waals surface area contributed by atoms with Gasteiger partial charge in [0.1, 0.15) is 5.82 Å². The highest BCUT2D eigenvalue weighted by atomic mass is 35.5. The highest BCUT2D eigenvalue weighted by Crippen LogP contribution is 2.28. The zero-order valence-corrected chi connectivity index (χ0v) is 20.0. The van der Waals surface area contributed by atoms with E-state index >= 15 is 0 Å². The topological polar surface area (TPSA) is 44.6 Å². The van der Waals surface area contributed by atoms with Gasteiger partial charge in [0.25, 0.3) is 0 Å². The van der Waals surface area contributed by atoms with Gasteiger partial charge in [-0.1, -0.05) is 41.9 Å². The maximum absolute atomic E-state index is 12.5. The first-order valence-corrected chi connectivity index (χ1v) is 12.4. The van der Waals surface area contributed by atoms with Crippen molar-refractivity contribution in [2.24, 2.45) is 0 Å². The number of hydrogen-bond acceptors (Lipinski definition) is 4. The van der Waals surface area contributed by atoms with Crippen molar-refractivity contribution in [1.29, 1.82) is 0 Å². The first kappa shape index (κ1) is 22.4. The predicted octanol–water partition coefficient (Wildman–Crippen LogP) is 4.04. The summed E-state index contributed by atoms with van der Waals surface area (Å²) in [6.07, 6.45) is 2.29. The summed E-state index contributed by atoms with van der Waals surface area (Å²) >= 11 is 6.28. The molecule has 5 rings (SSSR count). The summed E-state index contributed by atoms with van der Waals surface area (Å²) in [7, 11) is 0. The van der Waals surface area contributed by atoms with E-state index in [0.717, 1.165) is 75.5 Å². The van der Waals surface area contributed by atoms with Crippen LogP contribution in [0.1, 0.15) is 37.2 Å². The molecule has 0 unspecified atom stereocenters. The number of piperazine rings is 1. The summed E-state index contributed by atoms with van der Waals surface area (Å²) in [5.41, 5.74) is 3.31. The van der Waals surface area contributed by atoms with E-state index in [0.29, 0.717) is 11.6 Å². The van der Waals surface area contributed by atoms with E-state index in [1.165, 1.54) is 5.56 Å². The molecule has 0 N–H and O–H groups in total. The van der Waals surface area contributed by atoms with Gasteiger partial charge < -0.3 is 9.47 Å². The average Bonchev–Trinajstić information content (AvgIpc) is 3.48. The Kier molecular flexibility index (Phi) is 6.67. The number of halogens is 1. The second-order valence-corrected chi connectivity index (χ2v) is 9.69. The van der Waals surface area contributed by atoms with Gasteiger partial charge in [-0.2, -0.15) is 0 Å². The van der Waals surface area contributed by atoms with Gasteiger partial charge in [0, 0.05) is 50.8 Å². The van der Waals surface area contributed by atoms with Gasteiger partial charge in [0.2, 0.25) is 5.91 Å². The largest absolute Gasteiger partial charge is 0.342 e. The number of hydrogen-bond donors (Lipinski definition) is 0. The fraction of sp³-hybridized carbons (Fsp3) is 0.462. The second kappa shape index (κ2) is 9.84. The van der Waals surface area contributed by atoms with Gasteiger partial charge in [0.15, 0.2) is 0 Å². The Hall–Kier alpha value is -2.41. The van der Waals surface area contributed by atoms with Gasteiger partial charge in [-0.25, -0.2) is 4.98 Å². The Morgan fingerprint density at radius 2 is 1.73 bits per heavy atom. The van der Waals surface area contributed by atoms with Crippen molar-refractivity contribution in [1.82, 2.24) is 24.3 Å². The summed E-state index contributed by atoms with van der Waals surface area (Å²) in [4.78, 5) is 24.4. The maximum atomic E-state index is 12.5. The highest BCUT2D eigenvalue weighted by Gasteiger charge is 2.28. The van der Waals surface area contributed by atoms with Gasteiger partial charge >= 0.3 is 0 Å². The first-order chi connectivity index (χ1) is 16.1. The molecule has 0 radical (unpaired) electrons. The van der Waals surface area contributed by atoms with E-state index < -0.39 is 0 Å². The predicted molar refractivity (Wildman–Crippen MR) is 133 cm³/mol. The van der Waals surface area contributed by atoms with Crippen LogP contribution < -0.4 is 0 Å². The molecule has 174 valence electrons. The summed E-state index contributed by atoms with van der Waals surface area (Å²) in [5, 5.41) is 0.711. The lowest BCUT2D eigenvalue weighted by molar-refractivity contribution is -0.131. The second-order valence-electron chi connectivity index (χ2n) is 9.25. The van der Waals surface area contributed by atoms with Gasteiger partial charge in [-0.15, -0.1) is 0 Å². The molecule has 0 saturated carbocycles. The van der Waals surface area contributed by atoms with Crippen LogP contribution in [-0.4, -0.2) is 76.0 Å². The number of carbonyl (C=O) groups excluding carboxylic acids is 1. The van der Waals surface area contributed by atoms with Gasteiger partial charge in [0.05, 0.1) is 23.6 Å². The van der Waals surface area contributed by atoms with E-state index in [4.69, 9.17) is 16.6 Å². The normalized spacial score (nSPS) is 18.8. The number of nitrogens with zero attached hydrogens (tertiary/aromatic N) is 5. The van der Waals surface area contributed by atoms with Crippen LogP contribution in [0.2, 0.25) is 5.02 Å². The molecule has 6 nitrogen and oxygen atoms in total. The third kappa shape index (κ3) is 4.93. The number of carbonyl (C=O) groups is 1. The molecule has 3 aromatic rings. The lowest BCUT2D eigenvalue weighted by atomic mass is 10.2. The fourth-order valence-corrected chi connectivity index (χ4v) is 5.27. The summed E-state index contributed by atoms with van der Waals surface area (Å²) in [6, 6.07) is 16.7. The van der Waals surface area contributed by atoms with Crippen molar-refractivity contribution in [3.05, 3.63) is 64.9 Å². The minimum atomic E-state index is 0.177. The van der Waals surface area contributed by atoms with Crippen LogP contribution in [0.4, 0.5) is 0 Å². The van der Waals surface area contributed by atoms with E-state index in [1.807, 2.05) is 23.1 Å². The minimum absolute atomic E-state index is 0.177. The molecule has 0 aliphatic carbocycles. The lowest BCUT2D eigenvalue weighted by Crippen LogP contribution is -2.50. The average molecular weight is 466 g/mol. The van der Waals surface area contributed by atoms with Crippen LogP contribution in [0.15, 0.2) is 48.5 Å². The van der Waals surface area contributed by atoms with E-state index in [9.17, 15) is 4.79 Å². The third-order valence-corrected chi connectivity index (χ3v) is 7.30. The SMILES string of the molecule is C[C@@H](c1nc2cc(Cl)ccc2n1Cc1ccccc1)N1CCN(CC(=O)N2CCCC2)CC1. The molecule has 33 heavy (non-hydrogen) atoms. The molecule has 7 heteroatoms. The van der Waals surface area contributed by atoms with Crippen molar-refractivity contribution >= 4 is 28.5 Å². The lowest BCUT2D eigenvalue weighted by Gasteiger charge is -2.38. The number of likely N-dealkylation sites (tertiary alicyclic amines) is 1. The quantitative estimate of drug-likeness (QED) is 0.551. The molecule has 2 fully saturated rings. The molecule has 1 amide bonds. The van der Waals surface area contributed by atoms with Gasteiger partial charge in [-0.05, 0) is 43.5 Å². The van der Waals surface area contributed by atoms with Crippen LogP contribution in [0.3, 0.4) is 0 Å². The van der Waals surface area contributed by atoms with Crippen LogP contribution in [0, 0.1) is 0 Å². The number of amides is 1. The number of aromatic nitrogens is 2. The van der Waals surface area contributed by atoms with Crippen LogP contribution >= 0.6 is 11.6 Å². The van der Waals surface area contributed by atoms with Crippen molar-refractivity contribution in [3.8, 4) is 0 Å². The fourth-order valence-electron chi connectivity index (χ4n) is 5.10. The molecule has 2 aromatic carbocycles. The van der Waals surface area contributed by atoms with Crippen LogP contribution in [0.25, 0.3) is 11.0 Å². The number of fused-ring (bicyclic) bond motifs is 1. The number of rotatable bonds is 6. The standard InChI is InChI=1S/C26H32ClN5O/c1-20(30-15-13-29(14-16-30)19-25(33)31-11-5-6-12-31)26-28-23-17-22(27)9-10-24(23)32(26)18-21-7-3-2-4-8-21/h2-4,7-10,17,20H,5-6,11-16,18-19H2,1H3/t20-/m0/s1. The molecule has 2 aliphatic heterocycles. The monoisotopic (exact) mass is 465 g/mol. The van der Waals surface area contributed by atoms with E-state index in [1.54, 1.807) is 0 Å². The van der Waals surface area contributed by atoms with Crippen molar-refractivity contribution in [3.63, 3.8) is 0 Å². The van der Waals surface area contributed by atoms with Crippen molar-refractivity contribution in [2.45, 2.75) is 32.4 Å². The van der Waals surface area contributed by atoms with Crippen molar-refractivity contribution < 1.29 is 4.79 Å². The molecule has 2 saturated heterocycles. The van der Waals surface area contributed by atoms with Crippen LogP contribution in [0.5, 0.6) is 0 Å². The van der Waals surface area contributed by atoms with E-state index in [2.05, 4.69) is 51.6 Å². The van der Waals surface area contributed by atoms with Crippen LogP contribution in [-0.2, 0) is 11.3 Å². The Labute approximate surface area is 200 Å². The van der Waals surface area contributed by atoms with Gasteiger partial charge in [-0.3, -0.25) is 14.6 Å². The smallest absolute Gasteiger partial charge is 0.236 e. The Balaban J connectivity index is 1.31. The number of imidazole rings is 1.